The average Bonchev–Trinajstić information content (AvgIpc) is 2.53. The zero-order valence-electron chi connectivity index (χ0n) is 12.0. The Hall–Kier alpha value is -1.68. The molecule has 2 aromatic rings. The molecule has 0 fully saturated rings. The van der Waals surface area contributed by atoms with Crippen LogP contribution >= 0.6 is 34.8 Å². The van der Waals surface area contributed by atoms with Gasteiger partial charge in [0.15, 0.2) is 0 Å². The molecule has 0 heterocycles. The van der Waals surface area contributed by atoms with E-state index in [1.54, 1.807) is 6.08 Å². The van der Waals surface area contributed by atoms with Gasteiger partial charge in [0.05, 0.1) is 0 Å². The van der Waals surface area contributed by atoms with Gasteiger partial charge in [0.2, 0.25) is 9.70 Å². The van der Waals surface area contributed by atoms with Crippen LogP contribution in [0.1, 0.15) is 5.56 Å². The molecule has 0 spiro atoms. The summed E-state index contributed by atoms with van der Waals surface area (Å²) >= 11 is 17.8. The number of rotatable bonds is 5. The van der Waals surface area contributed by atoms with Crippen LogP contribution < -0.4 is 10.6 Å². The number of halogens is 3. The van der Waals surface area contributed by atoms with Crippen molar-refractivity contribution in [3.63, 3.8) is 0 Å². The lowest BCUT2D eigenvalue weighted by atomic mass is 10.2. The van der Waals surface area contributed by atoms with Crippen LogP contribution in [-0.2, 0) is 4.79 Å². The summed E-state index contributed by atoms with van der Waals surface area (Å²) in [6.07, 6.45) is 2.21. The lowest BCUT2D eigenvalue weighted by Gasteiger charge is -2.26. The predicted octanol–water partition coefficient (Wildman–Crippen LogP) is 4.62. The van der Waals surface area contributed by atoms with Gasteiger partial charge in [-0.3, -0.25) is 4.79 Å². The quantitative estimate of drug-likeness (QED) is 0.458. The number of alkyl halides is 3. The van der Waals surface area contributed by atoms with E-state index in [1.807, 2.05) is 60.7 Å². The Bertz CT molecular complexity index is 655. The first-order chi connectivity index (χ1) is 10.9. The fraction of sp³-hybridized carbons (Fsp3) is 0.118. The third-order valence-electron chi connectivity index (χ3n) is 2.93. The van der Waals surface area contributed by atoms with Crippen LogP contribution in [0.15, 0.2) is 66.7 Å². The fourth-order valence-corrected chi connectivity index (χ4v) is 2.15. The molecular formula is C17H15Cl3N2O. The molecule has 0 aliphatic heterocycles. The zero-order valence-corrected chi connectivity index (χ0v) is 14.3. The van der Waals surface area contributed by atoms with Crippen molar-refractivity contribution in [1.82, 2.24) is 5.32 Å². The zero-order chi connectivity index (χ0) is 16.7. The second-order valence-corrected chi connectivity index (χ2v) is 7.11. The van der Waals surface area contributed by atoms with E-state index in [1.165, 1.54) is 6.08 Å². The van der Waals surface area contributed by atoms with Crippen LogP contribution in [-0.4, -0.2) is 15.9 Å². The monoisotopic (exact) mass is 368 g/mol. The third kappa shape index (κ3) is 6.14. The summed E-state index contributed by atoms with van der Waals surface area (Å²) in [6.45, 7) is 0. The highest BCUT2D eigenvalue weighted by atomic mass is 35.6. The van der Waals surface area contributed by atoms with Crippen molar-refractivity contribution in [1.29, 1.82) is 0 Å². The van der Waals surface area contributed by atoms with E-state index < -0.39 is 9.96 Å². The van der Waals surface area contributed by atoms with Crippen LogP contribution in [0, 0.1) is 0 Å². The largest absolute Gasteiger partial charge is 0.362 e. The maximum Gasteiger partial charge on any atom is 0.245 e. The minimum atomic E-state index is -1.70. The molecule has 0 radical (unpaired) electrons. The van der Waals surface area contributed by atoms with E-state index in [9.17, 15) is 4.79 Å². The van der Waals surface area contributed by atoms with Crippen molar-refractivity contribution < 1.29 is 4.79 Å². The third-order valence-corrected chi connectivity index (χ3v) is 3.58. The molecular weight excluding hydrogens is 355 g/mol. The molecule has 0 saturated carbocycles. The van der Waals surface area contributed by atoms with Gasteiger partial charge in [0.1, 0.15) is 6.17 Å². The minimum absolute atomic E-state index is 0.367. The van der Waals surface area contributed by atoms with E-state index in [0.717, 1.165) is 11.3 Å². The first-order valence-electron chi connectivity index (χ1n) is 6.87. The average molecular weight is 370 g/mol. The van der Waals surface area contributed by atoms with Crippen molar-refractivity contribution in [2.75, 3.05) is 5.32 Å². The number of hydrogen-bond acceptors (Lipinski definition) is 2. The maximum absolute atomic E-state index is 12.0. The molecule has 6 heteroatoms. The molecule has 120 valence electrons. The lowest BCUT2D eigenvalue weighted by molar-refractivity contribution is -0.116. The number of carbonyl (C=O) groups is 1. The molecule has 2 N–H and O–H groups in total. The van der Waals surface area contributed by atoms with Gasteiger partial charge >= 0.3 is 0 Å². The Morgan fingerprint density at radius 1 is 0.957 bits per heavy atom. The van der Waals surface area contributed by atoms with Crippen LogP contribution in [0.5, 0.6) is 0 Å². The number of benzene rings is 2. The normalized spacial score (nSPS) is 12.8. The molecule has 0 bridgehead atoms. The summed E-state index contributed by atoms with van der Waals surface area (Å²) in [7, 11) is 0. The molecule has 0 aliphatic rings. The van der Waals surface area contributed by atoms with Crippen molar-refractivity contribution in [3.05, 3.63) is 72.3 Å². The second kappa shape index (κ2) is 8.25. The standard InChI is InChI=1S/C17H15Cl3N2O/c18-17(19,20)16(21-14-9-5-2-6-10-14)22-15(23)12-11-13-7-3-1-4-8-13/h1-12,16,21H,(H,22,23)/b12-11+/t16-/m0/s1. The van der Waals surface area contributed by atoms with Crippen LogP contribution in [0.2, 0.25) is 0 Å². The summed E-state index contributed by atoms with van der Waals surface area (Å²) in [4.78, 5) is 12.0. The van der Waals surface area contributed by atoms with Gasteiger partial charge in [0.25, 0.3) is 0 Å². The molecule has 0 saturated heterocycles. The van der Waals surface area contributed by atoms with E-state index in [0.29, 0.717) is 0 Å². The summed E-state index contributed by atoms with van der Waals surface area (Å²) in [6, 6.07) is 18.6. The van der Waals surface area contributed by atoms with Crippen molar-refractivity contribution in [3.8, 4) is 0 Å². The molecule has 3 nitrogen and oxygen atoms in total. The number of anilines is 1. The van der Waals surface area contributed by atoms with Gasteiger partial charge in [-0.25, -0.2) is 0 Å². The lowest BCUT2D eigenvalue weighted by Crippen LogP contribution is -2.48. The smallest absolute Gasteiger partial charge is 0.245 e. The highest BCUT2D eigenvalue weighted by Crippen LogP contribution is 2.31. The van der Waals surface area contributed by atoms with Crippen molar-refractivity contribution in [2.45, 2.75) is 9.96 Å². The number of carbonyl (C=O) groups excluding carboxylic acids is 1. The van der Waals surface area contributed by atoms with Crippen LogP contribution in [0.4, 0.5) is 5.69 Å². The van der Waals surface area contributed by atoms with E-state index in [4.69, 9.17) is 34.8 Å². The number of para-hydroxylation sites is 1. The maximum atomic E-state index is 12.0. The van der Waals surface area contributed by atoms with Gasteiger partial charge in [-0.15, -0.1) is 0 Å². The Balaban J connectivity index is 2.03. The van der Waals surface area contributed by atoms with Gasteiger partial charge < -0.3 is 10.6 Å². The molecule has 0 unspecified atom stereocenters. The summed E-state index contributed by atoms with van der Waals surface area (Å²) in [5.74, 6) is -0.367. The molecule has 2 aromatic carbocycles. The Kier molecular flexibility index (Phi) is 6.34. The SMILES string of the molecule is O=C(/C=C/c1ccccc1)N[C@H](Nc1ccccc1)C(Cl)(Cl)Cl. The number of hydrogen-bond donors (Lipinski definition) is 2. The van der Waals surface area contributed by atoms with E-state index in [2.05, 4.69) is 10.6 Å². The second-order valence-electron chi connectivity index (χ2n) is 4.74. The van der Waals surface area contributed by atoms with Crippen LogP contribution in [0.3, 0.4) is 0 Å². The predicted molar refractivity (Wildman–Crippen MR) is 97.8 cm³/mol. The van der Waals surface area contributed by atoms with Gasteiger partial charge in [0, 0.05) is 11.8 Å². The van der Waals surface area contributed by atoms with E-state index >= 15 is 0 Å². The minimum Gasteiger partial charge on any atom is -0.362 e. The van der Waals surface area contributed by atoms with Gasteiger partial charge in [-0.05, 0) is 23.8 Å². The summed E-state index contributed by atoms with van der Waals surface area (Å²) in [5.41, 5.74) is 1.64. The number of nitrogens with one attached hydrogen (secondary N) is 2. The molecule has 0 aliphatic carbocycles. The highest BCUT2D eigenvalue weighted by Gasteiger charge is 2.33. The van der Waals surface area contributed by atoms with Crippen molar-refractivity contribution >= 4 is 52.5 Å². The molecule has 1 atom stereocenters. The van der Waals surface area contributed by atoms with E-state index in [-0.39, 0.29) is 5.91 Å². The first-order valence-corrected chi connectivity index (χ1v) is 8.00. The molecule has 23 heavy (non-hydrogen) atoms. The number of amides is 1. The Labute approximate surface area is 150 Å². The van der Waals surface area contributed by atoms with Gasteiger partial charge in [-0.1, -0.05) is 83.3 Å². The molecule has 0 aromatic heterocycles. The Morgan fingerprint density at radius 3 is 2.09 bits per heavy atom. The molecule has 1 amide bonds. The molecule has 2 rings (SSSR count). The summed E-state index contributed by atoms with van der Waals surface area (Å²) < 4.78 is -1.70. The topological polar surface area (TPSA) is 41.1 Å². The van der Waals surface area contributed by atoms with Crippen molar-refractivity contribution in [2.24, 2.45) is 0 Å². The van der Waals surface area contributed by atoms with Gasteiger partial charge in [-0.2, -0.15) is 0 Å². The highest BCUT2D eigenvalue weighted by molar-refractivity contribution is 6.68. The first kappa shape index (κ1) is 17.7. The van der Waals surface area contributed by atoms with Crippen LogP contribution in [0.25, 0.3) is 6.08 Å². The summed E-state index contributed by atoms with van der Waals surface area (Å²) in [5, 5.41) is 5.63. The fourth-order valence-electron chi connectivity index (χ4n) is 1.83. The Morgan fingerprint density at radius 2 is 1.52 bits per heavy atom.